The highest BCUT2D eigenvalue weighted by Crippen LogP contribution is 2.44. The van der Waals surface area contributed by atoms with Gasteiger partial charge in [-0.1, -0.05) is 127 Å². The number of aromatic nitrogens is 1. The van der Waals surface area contributed by atoms with Crippen molar-refractivity contribution in [2.45, 2.75) is 19.0 Å². The van der Waals surface area contributed by atoms with Crippen LogP contribution < -0.4 is 5.32 Å². The third-order valence-electron chi connectivity index (χ3n) is 11.5. The Bertz CT molecular complexity index is 3330. The van der Waals surface area contributed by atoms with Crippen molar-refractivity contribution in [3.8, 4) is 16.8 Å². The Kier molecular flexibility index (Phi) is 7.22. The maximum Gasteiger partial charge on any atom is 0.159 e. The van der Waals surface area contributed by atoms with E-state index >= 15 is 0 Å². The number of para-hydroxylation sites is 2. The Morgan fingerprint density at radius 2 is 1.46 bits per heavy atom. The molecule has 1 unspecified atom stereocenters. The van der Waals surface area contributed by atoms with Crippen molar-refractivity contribution in [1.82, 2.24) is 9.88 Å². The Balaban J connectivity index is 0.987. The Hall–Kier alpha value is -7.02. The number of nitrogens with one attached hydrogen (secondary N) is 1. The van der Waals surface area contributed by atoms with E-state index in [4.69, 9.17) is 14.4 Å². The summed E-state index contributed by atoms with van der Waals surface area (Å²) in [6, 6.07) is 56.0. The molecule has 270 valence electrons. The zero-order valence-electron chi connectivity index (χ0n) is 30.8. The summed E-state index contributed by atoms with van der Waals surface area (Å²) in [6.45, 7) is 0. The molecular formula is C51H34N4OS. The molecule has 2 aliphatic rings. The maximum atomic E-state index is 6.91. The van der Waals surface area contributed by atoms with E-state index in [0.29, 0.717) is 0 Å². The highest BCUT2D eigenvalue weighted by Gasteiger charge is 2.24. The number of hydrogen-bond donors (Lipinski definition) is 1. The standard InChI is InChI=1S/C51H34N4OS/c1-3-13-31(14-4-1)49-52-50(32-15-5-2-6-16-32)54-51(53-49)34-26-28-45-40(29-34)47-35(19-12-24-46(47)57-45)33-25-27-38-39-20-11-23-43(48(39)56-44(38)30-33)55-41-21-9-7-17-36(41)37-18-8-10-22-42(37)55/h1-9,11-21,23-30,51H,10,22H2,(H,52,53,54). The summed E-state index contributed by atoms with van der Waals surface area (Å²) < 4.78 is 11.8. The van der Waals surface area contributed by atoms with Gasteiger partial charge in [0.15, 0.2) is 11.4 Å². The lowest BCUT2D eigenvalue weighted by Gasteiger charge is -2.23. The molecule has 3 aromatic heterocycles. The first kappa shape index (κ1) is 32.2. The van der Waals surface area contributed by atoms with Crippen molar-refractivity contribution < 1.29 is 4.42 Å². The number of hydrogen-bond acceptors (Lipinski definition) is 5. The van der Waals surface area contributed by atoms with Gasteiger partial charge in [-0.15, -0.1) is 11.3 Å². The van der Waals surface area contributed by atoms with Crippen LogP contribution in [0.15, 0.2) is 178 Å². The SMILES string of the molecule is C1=Cc2c(n(-c3cccc4c3oc3cc(-c5cccc6sc7ccc(C8N=C(c9ccccc9)N=C(c9ccccc9)N8)cc7c56)ccc34)c3ccccc23)CC1. The fourth-order valence-electron chi connectivity index (χ4n) is 8.91. The van der Waals surface area contributed by atoms with Gasteiger partial charge in [-0.05, 0) is 72.0 Å². The Morgan fingerprint density at radius 1 is 0.649 bits per heavy atom. The number of nitrogens with zero attached hydrogens (tertiary/aromatic N) is 3. The van der Waals surface area contributed by atoms with Crippen molar-refractivity contribution in [3.63, 3.8) is 0 Å². The van der Waals surface area contributed by atoms with Gasteiger partial charge < -0.3 is 14.3 Å². The van der Waals surface area contributed by atoms with E-state index in [1.54, 1.807) is 0 Å². The number of rotatable bonds is 5. The van der Waals surface area contributed by atoms with Crippen molar-refractivity contribution in [1.29, 1.82) is 0 Å². The molecule has 0 bridgehead atoms. The zero-order valence-corrected chi connectivity index (χ0v) is 31.6. The molecular weight excluding hydrogens is 717 g/mol. The van der Waals surface area contributed by atoms with E-state index in [1.165, 1.54) is 47.9 Å². The smallest absolute Gasteiger partial charge is 0.159 e. The van der Waals surface area contributed by atoms with Gasteiger partial charge >= 0.3 is 0 Å². The molecule has 0 saturated carbocycles. The van der Waals surface area contributed by atoms with Crippen LogP contribution >= 0.6 is 11.3 Å². The third kappa shape index (κ3) is 5.14. The first-order valence-corrected chi connectivity index (χ1v) is 20.3. The molecule has 1 atom stereocenters. The molecule has 4 heterocycles. The average Bonchev–Trinajstić information content (AvgIpc) is 3.96. The molecule has 0 saturated heterocycles. The molecule has 0 fully saturated rings. The van der Waals surface area contributed by atoms with Crippen LogP contribution in [0.1, 0.15) is 40.5 Å². The number of allylic oxidation sites excluding steroid dienone is 1. The van der Waals surface area contributed by atoms with Crippen LogP contribution in [0.3, 0.4) is 0 Å². The topological polar surface area (TPSA) is 54.8 Å². The molecule has 6 heteroatoms. The fourth-order valence-corrected chi connectivity index (χ4v) is 10.0. The lowest BCUT2D eigenvalue weighted by molar-refractivity contribution is 0.665. The molecule has 1 N–H and O–H groups in total. The minimum atomic E-state index is -0.306. The van der Waals surface area contributed by atoms with Crippen LogP contribution in [0.25, 0.3) is 75.9 Å². The first-order chi connectivity index (χ1) is 28.2. The van der Waals surface area contributed by atoms with Gasteiger partial charge in [-0.2, -0.15) is 0 Å². The van der Waals surface area contributed by atoms with Crippen LogP contribution in [-0.4, -0.2) is 16.2 Å². The molecule has 57 heavy (non-hydrogen) atoms. The molecule has 1 aliphatic heterocycles. The van der Waals surface area contributed by atoms with E-state index in [9.17, 15) is 0 Å². The third-order valence-corrected chi connectivity index (χ3v) is 12.7. The van der Waals surface area contributed by atoms with E-state index < -0.39 is 0 Å². The molecule has 0 spiro atoms. The van der Waals surface area contributed by atoms with Crippen LogP contribution in [0, 0.1) is 0 Å². The summed E-state index contributed by atoms with van der Waals surface area (Å²) >= 11 is 1.83. The maximum absolute atomic E-state index is 6.91. The minimum Gasteiger partial charge on any atom is -0.454 e. The molecule has 1 aliphatic carbocycles. The molecule has 10 aromatic rings. The number of benzene rings is 7. The van der Waals surface area contributed by atoms with Gasteiger partial charge in [0.25, 0.3) is 0 Å². The normalized spacial score (nSPS) is 15.3. The summed E-state index contributed by atoms with van der Waals surface area (Å²) in [7, 11) is 0. The molecule has 12 rings (SSSR count). The summed E-state index contributed by atoms with van der Waals surface area (Å²) in [5.41, 5.74) is 12.2. The second-order valence-electron chi connectivity index (χ2n) is 14.8. The number of aliphatic imine (C=N–C) groups is 2. The van der Waals surface area contributed by atoms with Gasteiger partial charge in [0.05, 0.1) is 11.2 Å². The van der Waals surface area contributed by atoms with Crippen molar-refractivity contribution in [2.75, 3.05) is 0 Å². The van der Waals surface area contributed by atoms with E-state index in [2.05, 4.69) is 143 Å². The fraction of sp³-hybridized carbons (Fsp3) is 0.0588. The molecule has 0 radical (unpaired) electrons. The second-order valence-corrected chi connectivity index (χ2v) is 15.9. The van der Waals surface area contributed by atoms with Gasteiger partial charge in [0.2, 0.25) is 0 Å². The summed E-state index contributed by atoms with van der Waals surface area (Å²) in [5.74, 6) is 1.53. The molecule has 5 nitrogen and oxygen atoms in total. The van der Waals surface area contributed by atoms with Gasteiger partial charge in [0, 0.05) is 58.7 Å². The predicted molar refractivity (Wildman–Crippen MR) is 238 cm³/mol. The van der Waals surface area contributed by atoms with Gasteiger partial charge in [-0.25, -0.2) is 9.98 Å². The number of fused-ring (bicyclic) bond motifs is 9. The van der Waals surface area contributed by atoms with E-state index in [0.717, 1.165) is 74.4 Å². The second kappa shape index (κ2) is 12.8. The first-order valence-electron chi connectivity index (χ1n) is 19.5. The lowest BCUT2D eigenvalue weighted by atomic mass is 9.97. The molecule has 7 aromatic carbocycles. The van der Waals surface area contributed by atoms with Crippen molar-refractivity contribution >= 4 is 82.1 Å². The highest BCUT2D eigenvalue weighted by atomic mass is 32.1. The lowest BCUT2D eigenvalue weighted by Crippen LogP contribution is -2.33. The number of furan rings is 1. The number of amidine groups is 2. The van der Waals surface area contributed by atoms with E-state index in [1.807, 2.05) is 47.7 Å². The number of thiophene rings is 1. The van der Waals surface area contributed by atoms with Crippen LogP contribution in [0.4, 0.5) is 0 Å². The predicted octanol–water partition coefficient (Wildman–Crippen LogP) is 13.0. The minimum absolute atomic E-state index is 0.306. The van der Waals surface area contributed by atoms with Crippen molar-refractivity contribution in [3.05, 3.63) is 192 Å². The quantitative estimate of drug-likeness (QED) is 0.190. The molecule has 0 amide bonds. The average molecular weight is 751 g/mol. The highest BCUT2D eigenvalue weighted by molar-refractivity contribution is 7.25. The summed E-state index contributed by atoms with van der Waals surface area (Å²) in [4.78, 5) is 10.2. The zero-order chi connectivity index (χ0) is 37.5. The Morgan fingerprint density at radius 3 is 2.35 bits per heavy atom. The van der Waals surface area contributed by atoms with Crippen molar-refractivity contribution in [2.24, 2.45) is 9.98 Å². The van der Waals surface area contributed by atoms with Crippen LogP contribution in [0.2, 0.25) is 0 Å². The largest absolute Gasteiger partial charge is 0.454 e. The van der Waals surface area contributed by atoms with Crippen LogP contribution in [0.5, 0.6) is 0 Å². The van der Waals surface area contributed by atoms with E-state index in [-0.39, 0.29) is 6.17 Å². The summed E-state index contributed by atoms with van der Waals surface area (Å²) in [6.07, 6.45) is 6.31. The van der Waals surface area contributed by atoms with Gasteiger partial charge in [0.1, 0.15) is 17.6 Å². The Labute approximate surface area is 332 Å². The van der Waals surface area contributed by atoms with Gasteiger partial charge in [-0.3, -0.25) is 0 Å². The summed E-state index contributed by atoms with van der Waals surface area (Å²) in [5, 5.41) is 9.66. The van der Waals surface area contributed by atoms with Crippen LogP contribution in [-0.2, 0) is 6.42 Å². The monoisotopic (exact) mass is 750 g/mol.